The van der Waals surface area contributed by atoms with Crippen molar-refractivity contribution in [3.8, 4) is 0 Å². The maximum atomic E-state index is 12.7. The van der Waals surface area contributed by atoms with Crippen molar-refractivity contribution in [2.75, 3.05) is 0 Å². The number of nitrogens with zero attached hydrogens (tertiary/aromatic N) is 3. The SMILES string of the molecule is Cc1cc2c(nc1C)oc1c(=O)n(CC(=O)c3ccccc3)cnc12. The minimum Gasteiger partial charge on any atom is -0.430 e. The van der Waals surface area contributed by atoms with Crippen molar-refractivity contribution >= 4 is 28.0 Å². The molecule has 0 aliphatic rings. The molecule has 0 radical (unpaired) electrons. The summed E-state index contributed by atoms with van der Waals surface area (Å²) in [6, 6.07) is 10.8. The Bertz CT molecular complexity index is 1170. The van der Waals surface area contributed by atoms with Gasteiger partial charge in [0.1, 0.15) is 5.52 Å². The van der Waals surface area contributed by atoms with Crippen LogP contribution in [0.2, 0.25) is 0 Å². The number of carbonyl (C=O) groups is 1. The van der Waals surface area contributed by atoms with Gasteiger partial charge in [0.2, 0.25) is 11.3 Å². The predicted octanol–water partition coefficient (Wildman–Crippen LogP) is 3.04. The van der Waals surface area contributed by atoms with E-state index in [2.05, 4.69) is 9.97 Å². The summed E-state index contributed by atoms with van der Waals surface area (Å²) in [4.78, 5) is 33.7. The highest BCUT2D eigenvalue weighted by Crippen LogP contribution is 2.25. The van der Waals surface area contributed by atoms with E-state index < -0.39 is 0 Å². The lowest BCUT2D eigenvalue weighted by molar-refractivity contribution is 0.0970. The maximum absolute atomic E-state index is 12.7. The van der Waals surface area contributed by atoms with Gasteiger partial charge in [-0.05, 0) is 25.5 Å². The van der Waals surface area contributed by atoms with E-state index in [-0.39, 0.29) is 23.5 Å². The van der Waals surface area contributed by atoms with Crippen molar-refractivity contribution < 1.29 is 9.21 Å². The number of hydrogen-bond donors (Lipinski definition) is 0. The fourth-order valence-corrected chi connectivity index (χ4v) is 2.76. The number of pyridine rings is 1. The van der Waals surface area contributed by atoms with E-state index in [0.717, 1.165) is 11.3 Å². The highest BCUT2D eigenvalue weighted by molar-refractivity contribution is 6.01. The lowest BCUT2D eigenvalue weighted by atomic mass is 10.1. The van der Waals surface area contributed by atoms with Gasteiger partial charge >= 0.3 is 0 Å². The number of rotatable bonds is 3. The second-order valence-corrected chi connectivity index (χ2v) is 5.99. The molecule has 0 bridgehead atoms. The zero-order chi connectivity index (χ0) is 17.6. The van der Waals surface area contributed by atoms with Crippen molar-refractivity contribution in [3.05, 3.63) is 69.9 Å². The third kappa shape index (κ3) is 2.52. The molecule has 0 aliphatic heterocycles. The number of ketones is 1. The van der Waals surface area contributed by atoms with E-state index >= 15 is 0 Å². The highest BCUT2D eigenvalue weighted by Gasteiger charge is 2.17. The number of aryl methyl sites for hydroxylation is 2. The Balaban J connectivity index is 1.82. The van der Waals surface area contributed by atoms with Crippen LogP contribution in [0, 0.1) is 13.8 Å². The largest absolute Gasteiger partial charge is 0.430 e. The fraction of sp³-hybridized carbons (Fsp3) is 0.158. The van der Waals surface area contributed by atoms with Crippen LogP contribution >= 0.6 is 0 Å². The molecule has 0 saturated heterocycles. The molecule has 0 unspecified atom stereocenters. The molecule has 0 fully saturated rings. The second kappa shape index (κ2) is 5.66. The van der Waals surface area contributed by atoms with E-state index in [1.807, 2.05) is 26.0 Å². The Morgan fingerprint density at radius 3 is 2.72 bits per heavy atom. The van der Waals surface area contributed by atoms with Gasteiger partial charge in [0, 0.05) is 11.3 Å². The number of aromatic nitrogens is 3. The van der Waals surface area contributed by atoms with E-state index in [1.54, 1.807) is 24.3 Å². The molecule has 25 heavy (non-hydrogen) atoms. The Kier molecular flexibility index (Phi) is 3.46. The first-order valence-electron chi connectivity index (χ1n) is 7.89. The van der Waals surface area contributed by atoms with Crippen LogP contribution in [0.1, 0.15) is 21.6 Å². The van der Waals surface area contributed by atoms with Crippen molar-refractivity contribution in [1.29, 1.82) is 0 Å². The molecule has 3 aromatic heterocycles. The number of hydrogen-bond acceptors (Lipinski definition) is 5. The van der Waals surface area contributed by atoms with Crippen molar-refractivity contribution in [2.45, 2.75) is 20.4 Å². The van der Waals surface area contributed by atoms with Gasteiger partial charge in [-0.1, -0.05) is 30.3 Å². The molecule has 0 saturated carbocycles. The third-order valence-electron chi connectivity index (χ3n) is 4.29. The second-order valence-electron chi connectivity index (χ2n) is 5.99. The van der Waals surface area contributed by atoms with Crippen LogP contribution in [0.25, 0.3) is 22.2 Å². The molecule has 0 amide bonds. The lowest BCUT2D eigenvalue weighted by Crippen LogP contribution is -2.24. The van der Waals surface area contributed by atoms with Crippen LogP contribution in [0.5, 0.6) is 0 Å². The number of Topliss-reactive ketones (excluding diaryl/α,β-unsaturated/α-hetero) is 1. The van der Waals surface area contributed by atoms with Crippen LogP contribution in [-0.2, 0) is 6.54 Å². The van der Waals surface area contributed by atoms with E-state index in [1.165, 1.54) is 10.9 Å². The molecule has 3 heterocycles. The van der Waals surface area contributed by atoms with Gasteiger partial charge in [0.15, 0.2) is 5.78 Å². The van der Waals surface area contributed by atoms with Gasteiger partial charge in [-0.25, -0.2) is 9.97 Å². The summed E-state index contributed by atoms with van der Waals surface area (Å²) in [6.07, 6.45) is 1.38. The summed E-state index contributed by atoms with van der Waals surface area (Å²) >= 11 is 0. The Morgan fingerprint density at radius 2 is 1.96 bits per heavy atom. The number of benzene rings is 1. The molecule has 4 rings (SSSR count). The summed E-state index contributed by atoms with van der Waals surface area (Å²) in [5, 5.41) is 0.705. The molecular formula is C19H15N3O3. The Labute approximate surface area is 142 Å². The molecule has 124 valence electrons. The Morgan fingerprint density at radius 1 is 1.20 bits per heavy atom. The van der Waals surface area contributed by atoms with Crippen LogP contribution < -0.4 is 5.56 Å². The fourth-order valence-electron chi connectivity index (χ4n) is 2.76. The predicted molar refractivity (Wildman–Crippen MR) is 93.8 cm³/mol. The average Bonchev–Trinajstić information content (AvgIpc) is 2.97. The highest BCUT2D eigenvalue weighted by atomic mass is 16.3. The van der Waals surface area contributed by atoms with E-state index in [9.17, 15) is 9.59 Å². The summed E-state index contributed by atoms with van der Waals surface area (Å²) in [5.74, 6) is -0.162. The van der Waals surface area contributed by atoms with Crippen LogP contribution in [0.4, 0.5) is 0 Å². The number of furan rings is 1. The Hall–Kier alpha value is -3.28. The maximum Gasteiger partial charge on any atom is 0.297 e. The summed E-state index contributed by atoms with van der Waals surface area (Å²) < 4.78 is 6.89. The van der Waals surface area contributed by atoms with Gasteiger partial charge in [-0.15, -0.1) is 0 Å². The lowest BCUT2D eigenvalue weighted by Gasteiger charge is -2.04. The van der Waals surface area contributed by atoms with Gasteiger partial charge in [0.25, 0.3) is 5.56 Å². The minimum atomic E-state index is -0.386. The monoisotopic (exact) mass is 333 g/mol. The molecule has 6 heteroatoms. The first kappa shape index (κ1) is 15.3. The van der Waals surface area contributed by atoms with Crippen molar-refractivity contribution in [1.82, 2.24) is 14.5 Å². The molecule has 4 aromatic rings. The summed E-state index contributed by atoms with van der Waals surface area (Å²) in [7, 11) is 0. The number of fused-ring (bicyclic) bond motifs is 3. The molecule has 6 nitrogen and oxygen atoms in total. The molecule has 0 N–H and O–H groups in total. The number of carbonyl (C=O) groups excluding carboxylic acids is 1. The topological polar surface area (TPSA) is 78.0 Å². The van der Waals surface area contributed by atoms with Crippen LogP contribution in [-0.4, -0.2) is 20.3 Å². The molecule has 0 aliphatic carbocycles. The standard InChI is InChI=1S/C19H15N3O3/c1-11-8-14-16-17(25-18(14)21-12(11)2)19(24)22(10-20-16)9-15(23)13-6-4-3-5-7-13/h3-8,10H,9H2,1-2H3. The van der Waals surface area contributed by atoms with Crippen LogP contribution in [0.15, 0.2) is 51.9 Å². The zero-order valence-electron chi connectivity index (χ0n) is 13.8. The van der Waals surface area contributed by atoms with E-state index in [4.69, 9.17) is 4.42 Å². The summed E-state index contributed by atoms with van der Waals surface area (Å²) in [5.41, 5.74) is 2.98. The average molecular weight is 333 g/mol. The zero-order valence-corrected chi connectivity index (χ0v) is 13.8. The van der Waals surface area contributed by atoms with Gasteiger partial charge < -0.3 is 4.42 Å². The van der Waals surface area contributed by atoms with Crippen molar-refractivity contribution in [2.24, 2.45) is 0 Å². The molecule has 0 spiro atoms. The first-order valence-corrected chi connectivity index (χ1v) is 7.89. The third-order valence-corrected chi connectivity index (χ3v) is 4.29. The van der Waals surface area contributed by atoms with Gasteiger partial charge in [0.05, 0.1) is 18.3 Å². The summed E-state index contributed by atoms with van der Waals surface area (Å²) in [6.45, 7) is 3.74. The minimum absolute atomic E-state index is 0.0890. The normalized spacial score (nSPS) is 11.3. The smallest absolute Gasteiger partial charge is 0.297 e. The van der Waals surface area contributed by atoms with Crippen LogP contribution in [0.3, 0.4) is 0 Å². The molecule has 1 aromatic carbocycles. The first-order chi connectivity index (χ1) is 12.0. The molecule has 0 atom stereocenters. The van der Waals surface area contributed by atoms with Crippen molar-refractivity contribution in [3.63, 3.8) is 0 Å². The van der Waals surface area contributed by atoms with E-state index in [0.29, 0.717) is 22.2 Å². The van der Waals surface area contributed by atoms with Gasteiger partial charge in [-0.3, -0.25) is 14.2 Å². The quantitative estimate of drug-likeness (QED) is 0.539. The van der Waals surface area contributed by atoms with Gasteiger partial charge in [-0.2, -0.15) is 0 Å². The molecular weight excluding hydrogens is 318 g/mol.